The Morgan fingerprint density at radius 2 is 2.11 bits per heavy atom. The lowest BCUT2D eigenvalue weighted by Crippen LogP contribution is -2.10. The average Bonchev–Trinajstić information content (AvgIpc) is 2.36. The Bertz CT molecular complexity index is 472. The molecule has 0 fully saturated rings. The summed E-state index contributed by atoms with van der Waals surface area (Å²) in [6, 6.07) is 4.47. The van der Waals surface area contributed by atoms with E-state index >= 15 is 0 Å². The van der Waals surface area contributed by atoms with Crippen molar-refractivity contribution in [2.45, 2.75) is 25.9 Å². The summed E-state index contributed by atoms with van der Waals surface area (Å²) in [6.45, 7) is 2.06. The van der Waals surface area contributed by atoms with Crippen LogP contribution < -0.4 is 0 Å². The van der Waals surface area contributed by atoms with Crippen LogP contribution in [0.2, 0.25) is 5.02 Å². The molecule has 1 aromatic carbocycles. The predicted octanol–water partition coefficient (Wildman–Crippen LogP) is 1.95. The molecule has 0 spiro atoms. The number of carbonyl (C=O) groups excluding carboxylic acids is 1. The molecule has 0 aliphatic heterocycles. The lowest BCUT2D eigenvalue weighted by atomic mass is 10.0. The van der Waals surface area contributed by atoms with Gasteiger partial charge < -0.3 is 14.9 Å². The fraction of sp³-hybridized carbons (Fsp3) is 0.385. The van der Waals surface area contributed by atoms with E-state index in [9.17, 15) is 14.7 Å². The van der Waals surface area contributed by atoms with Gasteiger partial charge in [-0.3, -0.25) is 4.79 Å². The number of ether oxygens (including phenoxy) is 1. The first-order valence-electron chi connectivity index (χ1n) is 5.80. The maximum Gasteiger partial charge on any atom is 0.337 e. The maximum absolute atomic E-state index is 11.2. The van der Waals surface area contributed by atoms with Gasteiger partial charge in [-0.15, -0.1) is 0 Å². The van der Waals surface area contributed by atoms with Crippen LogP contribution >= 0.6 is 11.6 Å². The van der Waals surface area contributed by atoms with Gasteiger partial charge in [0.2, 0.25) is 0 Å². The SMILES string of the molecule is CCOC(=O)CCc1ccc(C(O)C(=O)O)cc1Cl. The van der Waals surface area contributed by atoms with Crippen molar-refractivity contribution >= 4 is 23.5 Å². The number of benzene rings is 1. The highest BCUT2D eigenvalue weighted by Gasteiger charge is 2.17. The summed E-state index contributed by atoms with van der Waals surface area (Å²) in [5.41, 5.74) is 0.911. The Morgan fingerprint density at radius 1 is 1.42 bits per heavy atom. The third-order valence-corrected chi connectivity index (χ3v) is 2.88. The Morgan fingerprint density at radius 3 is 2.63 bits per heavy atom. The summed E-state index contributed by atoms with van der Waals surface area (Å²) in [6.07, 6.45) is -0.994. The molecule has 0 bridgehead atoms. The van der Waals surface area contributed by atoms with E-state index in [1.807, 2.05) is 0 Å². The minimum absolute atomic E-state index is 0.203. The van der Waals surface area contributed by atoms with Gasteiger partial charge in [-0.25, -0.2) is 4.79 Å². The largest absolute Gasteiger partial charge is 0.479 e. The third kappa shape index (κ3) is 4.54. The summed E-state index contributed by atoms with van der Waals surface area (Å²) in [7, 11) is 0. The highest BCUT2D eigenvalue weighted by molar-refractivity contribution is 6.31. The van der Waals surface area contributed by atoms with Gasteiger partial charge in [-0.1, -0.05) is 23.7 Å². The number of hydrogen-bond donors (Lipinski definition) is 2. The Balaban J connectivity index is 2.72. The Labute approximate surface area is 115 Å². The van der Waals surface area contributed by atoms with Crippen molar-refractivity contribution in [2.24, 2.45) is 0 Å². The van der Waals surface area contributed by atoms with Crippen LogP contribution in [-0.2, 0) is 20.7 Å². The summed E-state index contributed by atoms with van der Waals surface area (Å²) in [4.78, 5) is 21.8. The normalized spacial score (nSPS) is 11.9. The minimum atomic E-state index is -1.60. The number of carbonyl (C=O) groups is 2. The number of esters is 1. The van der Waals surface area contributed by atoms with Crippen molar-refractivity contribution in [1.82, 2.24) is 0 Å². The molecule has 5 nitrogen and oxygen atoms in total. The fourth-order valence-electron chi connectivity index (χ4n) is 1.55. The zero-order valence-electron chi connectivity index (χ0n) is 10.4. The van der Waals surface area contributed by atoms with Crippen molar-refractivity contribution in [2.75, 3.05) is 6.61 Å². The molecule has 0 aromatic heterocycles. The molecule has 0 aliphatic rings. The van der Waals surface area contributed by atoms with E-state index in [1.165, 1.54) is 12.1 Å². The standard InChI is InChI=1S/C13H15ClO5/c1-2-19-11(15)6-5-8-3-4-9(7-10(8)14)12(16)13(17)18/h3-4,7,12,16H,2,5-6H2,1H3,(H,17,18). The number of hydrogen-bond acceptors (Lipinski definition) is 4. The van der Waals surface area contributed by atoms with Crippen LogP contribution in [0.25, 0.3) is 0 Å². The molecule has 0 amide bonds. The smallest absolute Gasteiger partial charge is 0.337 e. The van der Waals surface area contributed by atoms with Gasteiger partial charge in [0.15, 0.2) is 6.10 Å². The number of halogens is 1. The maximum atomic E-state index is 11.2. The van der Waals surface area contributed by atoms with Crippen LogP contribution in [0.15, 0.2) is 18.2 Å². The molecule has 6 heteroatoms. The van der Waals surface area contributed by atoms with Gasteiger partial charge in [-0.05, 0) is 30.5 Å². The lowest BCUT2D eigenvalue weighted by molar-refractivity contribution is -0.147. The molecule has 1 unspecified atom stereocenters. The zero-order valence-corrected chi connectivity index (χ0v) is 11.2. The molecule has 1 rings (SSSR count). The first kappa shape index (κ1) is 15.5. The molecule has 1 atom stereocenters. The van der Waals surface area contributed by atoms with Crippen molar-refractivity contribution < 1.29 is 24.5 Å². The number of rotatable bonds is 6. The van der Waals surface area contributed by atoms with Crippen molar-refractivity contribution in [3.8, 4) is 0 Å². The van der Waals surface area contributed by atoms with Crippen LogP contribution in [0.3, 0.4) is 0 Å². The van der Waals surface area contributed by atoms with Crippen LogP contribution in [0, 0.1) is 0 Å². The first-order chi connectivity index (χ1) is 8.95. The van der Waals surface area contributed by atoms with Gasteiger partial charge in [0.25, 0.3) is 0 Å². The van der Waals surface area contributed by atoms with Crippen LogP contribution in [0.4, 0.5) is 0 Å². The highest BCUT2D eigenvalue weighted by Crippen LogP contribution is 2.23. The summed E-state index contributed by atoms with van der Waals surface area (Å²) < 4.78 is 4.80. The van der Waals surface area contributed by atoms with Crippen molar-refractivity contribution in [3.05, 3.63) is 34.3 Å². The van der Waals surface area contributed by atoms with Crippen LogP contribution in [0.1, 0.15) is 30.6 Å². The highest BCUT2D eigenvalue weighted by atomic mass is 35.5. The van der Waals surface area contributed by atoms with E-state index in [0.29, 0.717) is 23.6 Å². The van der Waals surface area contributed by atoms with E-state index in [2.05, 4.69) is 0 Å². The topological polar surface area (TPSA) is 83.8 Å². The summed E-state index contributed by atoms with van der Waals surface area (Å²) in [5, 5.41) is 18.4. The Hall–Kier alpha value is -1.59. The molecule has 0 saturated carbocycles. The number of aliphatic carboxylic acids is 1. The Kier molecular flexibility index (Phi) is 5.79. The van der Waals surface area contributed by atoms with Gasteiger partial charge in [0.1, 0.15) is 0 Å². The summed E-state index contributed by atoms with van der Waals surface area (Å²) in [5.74, 6) is -1.65. The van der Waals surface area contributed by atoms with Gasteiger partial charge in [-0.2, -0.15) is 0 Å². The molecule has 2 N–H and O–H groups in total. The lowest BCUT2D eigenvalue weighted by Gasteiger charge is -2.09. The molecule has 0 radical (unpaired) electrons. The number of aliphatic hydroxyl groups is 1. The van der Waals surface area contributed by atoms with Crippen LogP contribution in [-0.4, -0.2) is 28.8 Å². The molecular formula is C13H15ClO5. The van der Waals surface area contributed by atoms with Crippen LogP contribution in [0.5, 0.6) is 0 Å². The first-order valence-corrected chi connectivity index (χ1v) is 6.18. The van der Waals surface area contributed by atoms with E-state index in [-0.39, 0.29) is 18.0 Å². The number of aliphatic hydroxyl groups excluding tert-OH is 1. The third-order valence-electron chi connectivity index (χ3n) is 2.53. The average molecular weight is 287 g/mol. The number of carboxylic acid groups (broad SMARTS) is 1. The van der Waals surface area contributed by atoms with E-state index in [0.717, 1.165) is 0 Å². The molecule has 0 aliphatic carbocycles. The minimum Gasteiger partial charge on any atom is -0.479 e. The zero-order chi connectivity index (χ0) is 14.4. The quantitative estimate of drug-likeness (QED) is 0.781. The van der Waals surface area contributed by atoms with E-state index in [1.54, 1.807) is 13.0 Å². The molecular weight excluding hydrogens is 272 g/mol. The fourth-order valence-corrected chi connectivity index (χ4v) is 1.83. The number of aryl methyl sites for hydroxylation is 1. The van der Waals surface area contributed by atoms with Crippen molar-refractivity contribution in [3.63, 3.8) is 0 Å². The second-order valence-corrected chi connectivity index (χ2v) is 4.30. The van der Waals surface area contributed by atoms with Crippen molar-refractivity contribution in [1.29, 1.82) is 0 Å². The molecule has 19 heavy (non-hydrogen) atoms. The second kappa shape index (κ2) is 7.11. The van der Waals surface area contributed by atoms with Gasteiger partial charge in [0, 0.05) is 11.4 Å². The van der Waals surface area contributed by atoms with E-state index < -0.39 is 12.1 Å². The predicted molar refractivity (Wildman–Crippen MR) is 69.0 cm³/mol. The summed E-state index contributed by atoms with van der Waals surface area (Å²) >= 11 is 5.98. The van der Waals surface area contributed by atoms with Gasteiger partial charge in [0.05, 0.1) is 6.61 Å². The molecule has 104 valence electrons. The molecule has 1 aromatic rings. The number of carboxylic acids is 1. The van der Waals surface area contributed by atoms with E-state index in [4.69, 9.17) is 21.4 Å². The monoisotopic (exact) mass is 286 g/mol. The molecule has 0 saturated heterocycles. The van der Waals surface area contributed by atoms with Gasteiger partial charge >= 0.3 is 11.9 Å². The molecule has 0 heterocycles. The second-order valence-electron chi connectivity index (χ2n) is 3.90.